The van der Waals surface area contributed by atoms with E-state index in [0.29, 0.717) is 10.6 Å². The van der Waals surface area contributed by atoms with E-state index in [0.717, 1.165) is 32.0 Å². The van der Waals surface area contributed by atoms with Gasteiger partial charge in [-0.3, -0.25) is 4.31 Å². The monoisotopic (exact) mass is 443 g/mol. The number of aryl methyl sites for hydroxylation is 1. The molecule has 0 aliphatic carbocycles. The summed E-state index contributed by atoms with van der Waals surface area (Å²) in [5.74, 6) is 0. The first-order chi connectivity index (χ1) is 15.0. The Hall–Kier alpha value is -3.15. The Morgan fingerprint density at radius 2 is 1.52 bits per heavy atom. The molecule has 0 amide bonds. The van der Waals surface area contributed by atoms with E-state index in [2.05, 4.69) is 12.1 Å². The summed E-state index contributed by atoms with van der Waals surface area (Å²) in [5.41, 5.74) is 2.68. The lowest BCUT2D eigenvalue weighted by Crippen LogP contribution is -2.30. The average Bonchev–Trinajstić information content (AvgIpc) is 3.28. The Bertz CT molecular complexity index is 1470. The van der Waals surface area contributed by atoms with E-state index in [1.54, 1.807) is 27.8 Å². The lowest BCUT2D eigenvalue weighted by atomic mass is 10.1. The first kappa shape index (κ1) is 19.8. The highest BCUT2D eigenvalue weighted by atomic mass is 32.2. The topological polar surface area (TPSA) is 37.4 Å². The zero-order chi connectivity index (χ0) is 21.4. The minimum absolute atomic E-state index is 0.266. The average molecular weight is 444 g/mol. The molecule has 0 unspecified atom stereocenters. The standard InChI is InChI=1S/C26H21NO2S2/c1-19-11-13-22(14-12-19)31(28,29)27(18-20-7-3-2-4-8-20)25-17-21-9-5-6-10-23(21)24-15-16-30-26(24)25/h2-17H,18H2,1H3. The second-order valence-corrected chi connectivity index (χ2v) is 10.4. The molecule has 5 rings (SSSR count). The molecule has 3 nitrogen and oxygen atoms in total. The Balaban J connectivity index is 1.76. The lowest BCUT2D eigenvalue weighted by Gasteiger charge is -2.26. The van der Waals surface area contributed by atoms with Gasteiger partial charge < -0.3 is 0 Å². The summed E-state index contributed by atoms with van der Waals surface area (Å²) >= 11 is 1.58. The fourth-order valence-corrected chi connectivity index (χ4v) is 6.32. The number of hydrogen-bond acceptors (Lipinski definition) is 3. The maximum atomic E-state index is 13.9. The fraction of sp³-hybridized carbons (Fsp3) is 0.0769. The van der Waals surface area contributed by atoms with Gasteiger partial charge in [0.25, 0.3) is 10.0 Å². The number of thiophene rings is 1. The molecule has 0 spiro atoms. The lowest BCUT2D eigenvalue weighted by molar-refractivity contribution is 0.590. The molecule has 5 heteroatoms. The minimum Gasteiger partial charge on any atom is -0.260 e. The van der Waals surface area contributed by atoms with Crippen LogP contribution in [0.4, 0.5) is 5.69 Å². The van der Waals surface area contributed by atoms with Gasteiger partial charge in [0, 0.05) is 5.39 Å². The third kappa shape index (κ3) is 3.60. The maximum absolute atomic E-state index is 13.9. The summed E-state index contributed by atoms with van der Waals surface area (Å²) in [6, 6.07) is 29.0. The van der Waals surface area contributed by atoms with Crippen LogP contribution in [0.3, 0.4) is 0 Å². The van der Waals surface area contributed by atoms with Crippen LogP contribution >= 0.6 is 11.3 Å². The van der Waals surface area contributed by atoms with Crippen molar-refractivity contribution in [2.75, 3.05) is 4.31 Å². The van der Waals surface area contributed by atoms with Crippen molar-refractivity contribution in [3.63, 3.8) is 0 Å². The molecule has 0 N–H and O–H groups in total. The molecule has 0 fully saturated rings. The van der Waals surface area contributed by atoms with Gasteiger partial charge in [0.2, 0.25) is 0 Å². The van der Waals surface area contributed by atoms with Crippen LogP contribution in [0.1, 0.15) is 11.1 Å². The van der Waals surface area contributed by atoms with Crippen LogP contribution in [-0.4, -0.2) is 8.42 Å². The van der Waals surface area contributed by atoms with Gasteiger partial charge in [-0.15, -0.1) is 11.3 Å². The van der Waals surface area contributed by atoms with Crippen LogP contribution < -0.4 is 4.31 Å². The van der Waals surface area contributed by atoms with Crippen molar-refractivity contribution in [3.05, 3.63) is 108 Å². The summed E-state index contributed by atoms with van der Waals surface area (Å²) in [6.07, 6.45) is 0. The van der Waals surface area contributed by atoms with Crippen LogP contribution in [0.5, 0.6) is 0 Å². The van der Waals surface area contributed by atoms with Gasteiger partial charge in [0.1, 0.15) is 0 Å². The number of anilines is 1. The highest BCUT2D eigenvalue weighted by molar-refractivity contribution is 7.92. The van der Waals surface area contributed by atoms with Crippen molar-refractivity contribution in [1.29, 1.82) is 0 Å². The molecule has 0 saturated heterocycles. The molecule has 0 saturated carbocycles. The van der Waals surface area contributed by atoms with Crippen LogP contribution in [0.25, 0.3) is 20.9 Å². The molecule has 4 aromatic carbocycles. The molecule has 0 aliphatic rings. The zero-order valence-electron chi connectivity index (χ0n) is 17.0. The molecule has 154 valence electrons. The quantitative estimate of drug-likeness (QED) is 0.301. The summed E-state index contributed by atoms with van der Waals surface area (Å²) in [7, 11) is -3.77. The Kier molecular flexibility index (Phi) is 5.00. The predicted molar refractivity (Wildman–Crippen MR) is 130 cm³/mol. The highest BCUT2D eigenvalue weighted by Crippen LogP contribution is 2.40. The van der Waals surface area contributed by atoms with Crippen LogP contribution in [0.2, 0.25) is 0 Å². The Morgan fingerprint density at radius 3 is 2.29 bits per heavy atom. The largest absolute Gasteiger partial charge is 0.264 e. The number of fused-ring (bicyclic) bond motifs is 3. The van der Waals surface area contributed by atoms with Crippen molar-refractivity contribution in [2.24, 2.45) is 0 Å². The Labute approximate surface area is 186 Å². The highest BCUT2D eigenvalue weighted by Gasteiger charge is 2.27. The van der Waals surface area contributed by atoms with E-state index in [1.165, 1.54) is 0 Å². The van der Waals surface area contributed by atoms with Crippen molar-refractivity contribution >= 4 is 47.9 Å². The SMILES string of the molecule is Cc1ccc(S(=O)(=O)N(Cc2ccccc2)c2cc3ccccc3c3ccsc23)cc1. The molecule has 1 heterocycles. The minimum atomic E-state index is -3.77. The second-order valence-electron chi connectivity index (χ2n) is 7.59. The van der Waals surface area contributed by atoms with Crippen LogP contribution in [0.15, 0.2) is 101 Å². The molecular weight excluding hydrogens is 422 g/mol. The summed E-state index contributed by atoms with van der Waals surface area (Å²) in [6.45, 7) is 2.22. The van der Waals surface area contributed by atoms with Gasteiger partial charge in [-0.25, -0.2) is 8.42 Å². The number of sulfonamides is 1. The summed E-state index contributed by atoms with van der Waals surface area (Å²) in [5, 5.41) is 5.27. The zero-order valence-corrected chi connectivity index (χ0v) is 18.7. The third-order valence-corrected chi connectivity index (χ3v) is 8.20. The van der Waals surface area contributed by atoms with Crippen molar-refractivity contribution < 1.29 is 8.42 Å². The fourth-order valence-electron chi connectivity index (χ4n) is 3.87. The molecule has 5 aromatic rings. The summed E-state index contributed by atoms with van der Waals surface area (Å²) in [4.78, 5) is 0.298. The number of rotatable bonds is 5. The number of nitrogens with zero attached hydrogens (tertiary/aromatic N) is 1. The molecule has 0 radical (unpaired) electrons. The van der Waals surface area contributed by atoms with Crippen LogP contribution in [-0.2, 0) is 16.6 Å². The Morgan fingerprint density at radius 1 is 0.806 bits per heavy atom. The van der Waals surface area contributed by atoms with Gasteiger partial charge in [-0.05, 0) is 52.9 Å². The van der Waals surface area contributed by atoms with E-state index >= 15 is 0 Å². The van der Waals surface area contributed by atoms with Crippen molar-refractivity contribution in [2.45, 2.75) is 18.4 Å². The van der Waals surface area contributed by atoms with Gasteiger partial charge in [-0.2, -0.15) is 0 Å². The smallest absolute Gasteiger partial charge is 0.260 e. The molecular formula is C26H21NO2S2. The molecule has 0 atom stereocenters. The predicted octanol–water partition coefficient (Wildman–Crippen LogP) is 6.76. The van der Waals surface area contributed by atoms with Gasteiger partial charge in [0.05, 0.1) is 21.8 Å². The van der Waals surface area contributed by atoms with E-state index in [4.69, 9.17) is 0 Å². The third-order valence-electron chi connectivity index (χ3n) is 5.49. The van der Waals surface area contributed by atoms with E-state index < -0.39 is 10.0 Å². The molecule has 0 aliphatic heterocycles. The van der Waals surface area contributed by atoms with Crippen LogP contribution in [0, 0.1) is 6.92 Å². The first-order valence-corrected chi connectivity index (χ1v) is 12.4. The van der Waals surface area contributed by atoms with Gasteiger partial charge in [-0.1, -0.05) is 72.3 Å². The number of benzene rings is 4. The van der Waals surface area contributed by atoms with Gasteiger partial charge in [0.15, 0.2) is 0 Å². The van der Waals surface area contributed by atoms with Crippen molar-refractivity contribution in [3.8, 4) is 0 Å². The normalized spacial score (nSPS) is 11.8. The van der Waals surface area contributed by atoms with E-state index in [9.17, 15) is 8.42 Å². The summed E-state index contributed by atoms with van der Waals surface area (Å²) < 4.78 is 30.3. The van der Waals surface area contributed by atoms with E-state index in [-0.39, 0.29) is 6.54 Å². The second kappa shape index (κ2) is 7.84. The van der Waals surface area contributed by atoms with E-state index in [1.807, 2.05) is 79.0 Å². The first-order valence-electron chi connectivity index (χ1n) is 10.1. The van der Waals surface area contributed by atoms with Gasteiger partial charge >= 0.3 is 0 Å². The molecule has 1 aromatic heterocycles. The van der Waals surface area contributed by atoms with Crippen molar-refractivity contribution in [1.82, 2.24) is 0 Å². The number of hydrogen-bond donors (Lipinski definition) is 0. The molecule has 31 heavy (non-hydrogen) atoms. The maximum Gasteiger partial charge on any atom is 0.264 e. The molecule has 0 bridgehead atoms.